The Labute approximate surface area is 263 Å². The third kappa shape index (κ3) is 7.32. The van der Waals surface area contributed by atoms with Gasteiger partial charge in [-0.1, -0.05) is 6.07 Å². The second-order valence-electron chi connectivity index (χ2n) is 12.9. The van der Waals surface area contributed by atoms with E-state index in [1.165, 1.54) is 12.1 Å². The number of aliphatic hydroxyl groups is 1. The standard InChI is InChI=1S/C35H41FN6O3/c1-6-45-28-16-30(33-26(18-37)20-39-42(33)21-28)25-8-10-32(38-19-25)41-13-11-35(12-14-41,23-40(5)22-34(3,4)44)17-31(43)29-15-27(36)9-7-24(29)2/h7-10,15-16,19-21,44H,6,11-14,17,22-23H2,1-5H3. The molecule has 1 N–H and O–H groups in total. The first kappa shape index (κ1) is 32.1. The molecule has 10 heteroatoms. The van der Waals surface area contributed by atoms with Crippen molar-refractivity contribution in [3.8, 4) is 22.9 Å². The van der Waals surface area contributed by atoms with Gasteiger partial charge in [0, 0.05) is 55.5 Å². The van der Waals surface area contributed by atoms with Gasteiger partial charge in [0.1, 0.15) is 23.5 Å². The number of piperidine rings is 1. The van der Waals surface area contributed by atoms with Gasteiger partial charge in [-0.25, -0.2) is 13.9 Å². The van der Waals surface area contributed by atoms with Crippen LogP contribution in [0.5, 0.6) is 5.75 Å². The quantitative estimate of drug-likeness (QED) is 0.216. The van der Waals surface area contributed by atoms with Crippen LogP contribution in [0.25, 0.3) is 16.6 Å². The summed E-state index contributed by atoms with van der Waals surface area (Å²) < 4.78 is 21.5. The lowest BCUT2D eigenvalue weighted by Crippen LogP contribution is -2.49. The maximum absolute atomic E-state index is 14.1. The Bertz CT molecular complexity index is 1710. The molecule has 0 saturated carbocycles. The highest BCUT2D eigenvalue weighted by Crippen LogP contribution is 2.39. The molecule has 0 aliphatic carbocycles. The molecule has 4 aromatic rings. The van der Waals surface area contributed by atoms with Gasteiger partial charge in [-0.05, 0) is 88.9 Å². The van der Waals surface area contributed by atoms with Crippen LogP contribution in [0, 0.1) is 29.5 Å². The van der Waals surface area contributed by atoms with E-state index in [0.717, 1.165) is 35.3 Å². The van der Waals surface area contributed by atoms with E-state index in [2.05, 4.69) is 21.0 Å². The predicted molar refractivity (Wildman–Crippen MR) is 172 cm³/mol. The molecule has 1 fully saturated rings. The van der Waals surface area contributed by atoms with Gasteiger partial charge in [-0.2, -0.15) is 10.4 Å². The number of ether oxygens (including phenoxy) is 1. The number of nitriles is 1. The number of carbonyl (C=O) groups is 1. The van der Waals surface area contributed by atoms with Gasteiger partial charge in [0.15, 0.2) is 5.78 Å². The van der Waals surface area contributed by atoms with Crippen LogP contribution in [-0.2, 0) is 0 Å². The zero-order valence-corrected chi connectivity index (χ0v) is 26.7. The van der Waals surface area contributed by atoms with E-state index < -0.39 is 11.4 Å². The van der Waals surface area contributed by atoms with Crippen molar-refractivity contribution in [1.82, 2.24) is 19.5 Å². The SMILES string of the molecule is CCOc1cc(-c2ccc(N3CCC(CC(=O)c4cc(F)ccc4C)(CN(C)CC(C)(C)O)CC3)nc2)c2c(C#N)cnn2c1. The Morgan fingerprint density at radius 1 is 1.20 bits per heavy atom. The second-order valence-corrected chi connectivity index (χ2v) is 12.9. The minimum Gasteiger partial charge on any atom is -0.492 e. The van der Waals surface area contributed by atoms with Crippen molar-refractivity contribution in [3.05, 3.63) is 77.5 Å². The summed E-state index contributed by atoms with van der Waals surface area (Å²) in [6.07, 6.45) is 6.91. The maximum Gasteiger partial charge on any atom is 0.163 e. The first-order valence-corrected chi connectivity index (χ1v) is 15.4. The van der Waals surface area contributed by atoms with Crippen LogP contribution in [-0.4, -0.2) is 75.8 Å². The van der Waals surface area contributed by atoms with Crippen LogP contribution in [0.4, 0.5) is 10.2 Å². The number of pyridine rings is 2. The number of halogens is 1. The molecular weight excluding hydrogens is 571 g/mol. The highest BCUT2D eigenvalue weighted by Gasteiger charge is 2.39. The minimum atomic E-state index is -0.871. The summed E-state index contributed by atoms with van der Waals surface area (Å²) in [4.78, 5) is 22.7. The van der Waals surface area contributed by atoms with E-state index in [9.17, 15) is 19.6 Å². The molecule has 5 rings (SSSR count). The molecule has 4 heterocycles. The van der Waals surface area contributed by atoms with Crippen LogP contribution in [0.1, 0.15) is 61.5 Å². The minimum absolute atomic E-state index is 0.0585. The lowest BCUT2D eigenvalue weighted by atomic mass is 9.73. The van der Waals surface area contributed by atoms with E-state index in [-0.39, 0.29) is 11.2 Å². The van der Waals surface area contributed by atoms with Gasteiger partial charge >= 0.3 is 0 Å². The van der Waals surface area contributed by atoms with E-state index in [4.69, 9.17) is 9.72 Å². The molecule has 3 aromatic heterocycles. The number of anilines is 1. The van der Waals surface area contributed by atoms with Crippen molar-refractivity contribution in [3.63, 3.8) is 0 Å². The van der Waals surface area contributed by atoms with E-state index in [1.807, 2.05) is 45.3 Å². The fraction of sp³-hybridized carbons (Fsp3) is 0.429. The van der Waals surface area contributed by atoms with Gasteiger partial charge in [0.05, 0.1) is 35.7 Å². The summed E-state index contributed by atoms with van der Waals surface area (Å²) in [6.45, 7) is 10.3. The van der Waals surface area contributed by atoms with Crippen molar-refractivity contribution in [1.29, 1.82) is 5.26 Å². The molecule has 0 unspecified atom stereocenters. The molecule has 0 atom stereocenters. The molecule has 236 valence electrons. The number of likely N-dealkylation sites (N-methyl/N-ethyl adjacent to an activating group) is 1. The van der Waals surface area contributed by atoms with Crippen molar-refractivity contribution >= 4 is 17.1 Å². The summed E-state index contributed by atoms with van der Waals surface area (Å²) in [5.74, 6) is 1.01. The Morgan fingerprint density at radius 2 is 1.96 bits per heavy atom. The van der Waals surface area contributed by atoms with Gasteiger partial charge in [-0.15, -0.1) is 0 Å². The lowest BCUT2D eigenvalue weighted by molar-refractivity contribution is 0.0241. The normalized spacial score (nSPS) is 15.0. The number of hydrogen-bond donors (Lipinski definition) is 1. The zero-order chi connectivity index (χ0) is 32.4. The number of aryl methyl sites for hydroxylation is 1. The van der Waals surface area contributed by atoms with Crippen LogP contribution in [0.3, 0.4) is 0 Å². The second kappa shape index (κ2) is 13.0. The summed E-state index contributed by atoms with van der Waals surface area (Å²) in [7, 11) is 1.97. The lowest BCUT2D eigenvalue weighted by Gasteiger charge is -2.44. The largest absolute Gasteiger partial charge is 0.492 e. The zero-order valence-electron chi connectivity index (χ0n) is 26.7. The molecule has 1 aliphatic rings. The summed E-state index contributed by atoms with van der Waals surface area (Å²) in [5.41, 5.74) is 2.82. The molecule has 1 aliphatic heterocycles. The Morgan fingerprint density at radius 3 is 2.60 bits per heavy atom. The van der Waals surface area contributed by atoms with E-state index in [1.54, 1.807) is 36.8 Å². The molecule has 9 nitrogen and oxygen atoms in total. The number of hydrogen-bond acceptors (Lipinski definition) is 8. The molecular formula is C35H41FN6O3. The average molecular weight is 613 g/mol. The molecule has 1 aromatic carbocycles. The first-order chi connectivity index (χ1) is 21.4. The summed E-state index contributed by atoms with van der Waals surface area (Å²) >= 11 is 0. The van der Waals surface area contributed by atoms with Crippen LogP contribution in [0.2, 0.25) is 0 Å². The number of carbonyl (C=O) groups excluding carboxylic acids is 1. The number of rotatable bonds is 11. The van der Waals surface area contributed by atoms with Crippen LogP contribution >= 0.6 is 0 Å². The Kier molecular flexibility index (Phi) is 9.23. The Balaban J connectivity index is 1.37. The molecule has 45 heavy (non-hydrogen) atoms. The van der Waals surface area contributed by atoms with E-state index >= 15 is 0 Å². The summed E-state index contributed by atoms with van der Waals surface area (Å²) in [5, 5.41) is 24.5. The van der Waals surface area contributed by atoms with Gasteiger partial charge < -0.3 is 19.6 Å². The maximum atomic E-state index is 14.1. The number of fused-ring (bicyclic) bond motifs is 1. The van der Waals surface area contributed by atoms with Crippen molar-refractivity contribution in [2.45, 2.75) is 52.6 Å². The third-order valence-corrected chi connectivity index (χ3v) is 8.52. The number of aromatic nitrogens is 3. The third-order valence-electron chi connectivity index (χ3n) is 8.52. The number of Topliss-reactive ketones (excluding diaryl/α,β-unsaturated/α-hetero) is 1. The monoisotopic (exact) mass is 612 g/mol. The van der Waals surface area contributed by atoms with Crippen molar-refractivity contribution in [2.24, 2.45) is 5.41 Å². The average Bonchev–Trinajstić information content (AvgIpc) is 3.41. The predicted octanol–water partition coefficient (Wildman–Crippen LogP) is 5.68. The topological polar surface area (TPSA) is 107 Å². The summed E-state index contributed by atoms with van der Waals surface area (Å²) in [6, 6.07) is 12.5. The highest BCUT2D eigenvalue weighted by molar-refractivity contribution is 5.98. The van der Waals surface area contributed by atoms with Crippen LogP contribution < -0.4 is 9.64 Å². The molecule has 0 bridgehead atoms. The number of nitrogens with zero attached hydrogens (tertiary/aromatic N) is 6. The highest BCUT2D eigenvalue weighted by atomic mass is 19.1. The molecule has 1 saturated heterocycles. The Hall–Kier alpha value is -4.33. The van der Waals surface area contributed by atoms with E-state index in [0.29, 0.717) is 61.6 Å². The molecule has 0 spiro atoms. The van der Waals surface area contributed by atoms with Gasteiger partial charge in [0.2, 0.25) is 0 Å². The van der Waals surface area contributed by atoms with Crippen molar-refractivity contribution < 1.29 is 19.0 Å². The van der Waals surface area contributed by atoms with Crippen LogP contribution in [0.15, 0.2) is 55.0 Å². The van der Waals surface area contributed by atoms with Gasteiger partial charge in [0.25, 0.3) is 0 Å². The molecule has 0 radical (unpaired) electrons. The molecule has 0 amide bonds. The fourth-order valence-corrected chi connectivity index (χ4v) is 6.60. The van der Waals surface area contributed by atoms with Crippen molar-refractivity contribution in [2.75, 3.05) is 44.7 Å². The fourth-order valence-electron chi connectivity index (χ4n) is 6.60. The van der Waals surface area contributed by atoms with Gasteiger partial charge in [-0.3, -0.25) is 4.79 Å². The smallest absolute Gasteiger partial charge is 0.163 e. The number of benzene rings is 1. The number of ketones is 1. The first-order valence-electron chi connectivity index (χ1n) is 15.4.